The first-order chi connectivity index (χ1) is 24.8. The first-order valence-electron chi connectivity index (χ1n) is 17.1. The van der Waals surface area contributed by atoms with Gasteiger partial charge in [0.05, 0.1) is 11.0 Å². The molecule has 0 unspecified atom stereocenters. The Hall–Kier alpha value is -6.64. The molecule has 0 aliphatic heterocycles. The zero-order valence-corrected chi connectivity index (χ0v) is 27.5. The monoisotopic (exact) mass is 638 g/mol. The second-order valence-electron chi connectivity index (χ2n) is 12.6. The molecule has 236 valence electrons. The minimum atomic E-state index is 1.11. The van der Waals surface area contributed by atoms with E-state index >= 15 is 0 Å². The lowest BCUT2D eigenvalue weighted by atomic mass is 9.97. The van der Waals surface area contributed by atoms with E-state index in [0.717, 1.165) is 28.3 Å². The molecule has 0 saturated heterocycles. The third kappa shape index (κ3) is 5.43. The molecule has 8 aromatic carbocycles. The molecule has 2 heteroatoms. The van der Waals surface area contributed by atoms with Crippen LogP contribution in [0.4, 0.5) is 17.1 Å². The summed E-state index contributed by atoms with van der Waals surface area (Å²) >= 11 is 0. The Morgan fingerprint density at radius 1 is 0.380 bits per heavy atom. The normalized spacial score (nSPS) is 11.5. The Morgan fingerprint density at radius 2 is 0.940 bits per heavy atom. The number of hydrogen-bond acceptors (Lipinski definition) is 1. The number of nitrogens with zero attached hydrogens (tertiary/aromatic N) is 2. The summed E-state index contributed by atoms with van der Waals surface area (Å²) in [5, 5.41) is 4.95. The largest absolute Gasteiger partial charge is 0.310 e. The maximum atomic E-state index is 2.39. The van der Waals surface area contributed by atoms with Crippen molar-refractivity contribution in [1.29, 1.82) is 0 Å². The highest BCUT2D eigenvalue weighted by molar-refractivity contribution is 6.12. The molecule has 50 heavy (non-hydrogen) atoms. The van der Waals surface area contributed by atoms with Gasteiger partial charge in [0.25, 0.3) is 0 Å². The van der Waals surface area contributed by atoms with Gasteiger partial charge in [0, 0.05) is 33.5 Å². The maximum Gasteiger partial charge on any atom is 0.0542 e. The molecule has 0 amide bonds. The Kier molecular flexibility index (Phi) is 7.53. The molecule has 0 aliphatic carbocycles. The summed E-state index contributed by atoms with van der Waals surface area (Å²) in [4.78, 5) is 2.35. The highest BCUT2D eigenvalue weighted by atomic mass is 15.1. The molecule has 9 rings (SSSR count). The molecule has 0 fully saturated rings. The summed E-state index contributed by atoms with van der Waals surface area (Å²) in [6.45, 7) is 0. The smallest absolute Gasteiger partial charge is 0.0542 e. The van der Waals surface area contributed by atoms with Crippen LogP contribution in [0.15, 0.2) is 194 Å². The van der Waals surface area contributed by atoms with Crippen LogP contribution < -0.4 is 4.90 Å². The van der Waals surface area contributed by atoms with Gasteiger partial charge in [-0.05, 0) is 99.8 Å². The lowest BCUT2D eigenvalue weighted by Crippen LogP contribution is -2.09. The van der Waals surface area contributed by atoms with Crippen molar-refractivity contribution in [3.8, 4) is 16.8 Å². The number of fused-ring (bicyclic) bond motifs is 4. The summed E-state index contributed by atoms with van der Waals surface area (Å²) in [5.41, 5.74) is 11.7. The fraction of sp³-hybridized carbons (Fsp3) is 0. The molecule has 1 heterocycles. The van der Waals surface area contributed by atoms with E-state index in [1.807, 2.05) is 6.07 Å². The fourth-order valence-electron chi connectivity index (χ4n) is 7.17. The predicted octanol–water partition coefficient (Wildman–Crippen LogP) is 13.2. The lowest BCUT2D eigenvalue weighted by molar-refractivity contribution is 1.18. The molecule has 0 spiro atoms. The molecule has 2 nitrogen and oxygen atoms in total. The minimum absolute atomic E-state index is 1.11. The van der Waals surface area contributed by atoms with E-state index in [0.29, 0.717) is 0 Å². The molecular formula is C48H34N2. The van der Waals surface area contributed by atoms with Crippen LogP contribution in [0, 0.1) is 0 Å². The molecule has 0 atom stereocenters. The highest BCUT2D eigenvalue weighted by Gasteiger charge is 2.18. The van der Waals surface area contributed by atoms with E-state index in [1.54, 1.807) is 0 Å². The summed E-state index contributed by atoms with van der Waals surface area (Å²) in [6.07, 6.45) is 4.33. The van der Waals surface area contributed by atoms with E-state index in [1.165, 1.54) is 49.3 Å². The average Bonchev–Trinajstić information content (AvgIpc) is 3.51. The van der Waals surface area contributed by atoms with Crippen LogP contribution in [0.25, 0.3) is 61.5 Å². The van der Waals surface area contributed by atoms with Crippen molar-refractivity contribution in [3.05, 3.63) is 205 Å². The summed E-state index contributed by atoms with van der Waals surface area (Å²) < 4.78 is 2.39. The first-order valence-corrected chi connectivity index (χ1v) is 17.1. The zero-order valence-electron chi connectivity index (χ0n) is 27.5. The Labute approximate surface area is 292 Å². The molecule has 0 aliphatic rings. The van der Waals surface area contributed by atoms with Gasteiger partial charge < -0.3 is 9.47 Å². The van der Waals surface area contributed by atoms with Crippen molar-refractivity contribution in [2.24, 2.45) is 0 Å². The Morgan fingerprint density at radius 3 is 1.70 bits per heavy atom. The van der Waals surface area contributed by atoms with E-state index in [4.69, 9.17) is 0 Å². The second-order valence-corrected chi connectivity index (χ2v) is 12.6. The quantitative estimate of drug-likeness (QED) is 0.158. The van der Waals surface area contributed by atoms with Crippen molar-refractivity contribution in [2.75, 3.05) is 4.90 Å². The summed E-state index contributed by atoms with van der Waals surface area (Å²) in [7, 11) is 0. The summed E-state index contributed by atoms with van der Waals surface area (Å²) in [6, 6.07) is 69.6. The van der Waals surface area contributed by atoms with Crippen molar-refractivity contribution < 1.29 is 0 Å². The summed E-state index contributed by atoms with van der Waals surface area (Å²) in [5.74, 6) is 0. The molecular weight excluding hydrogens is 605 g/mol. The van der Waals surface area contributed by atoms with Crippen molar-refractivity contribution in [2.45, 2.75) is 0 Å². The molecule has 0 saturated carbocycles. The second kappa shape index (κ2) is 12.8. The van der Waals surface area contributed by atoms with Gasteiger partial charge in [0.15, 0.2) is 0 Å². The predicted molar refractivity (Wildman–Crippen MR) is 214 cm³/mol. The molecule has 9 aromatic rings. The molecule has 0 N–H and O–H groups in total. The fourth-order valence-corrected chi connectivity index (χ4v) is 7.17. The maximum absolute atomic E-state index is 2.39. The SMILES string of the molecule is C(=Cc1ccc(N(c2ccccc2)c2ccc3c(c2)c2cc(-c4cccc5ccccc45)ccc2n3-c2ccccc2)cc1)c1ccccc1. The molecule has 0 radical (unpaired) electrons. The van der Waals surface area contributed by atoms with E-state index in [2.05, 4.69) is 210 Å². The van der Waals surface area contributed by atoms with Gasteiger partial charge in [-0.15, -0.1) is 0 Å². The standard InChI is InChI=1S/C48H34N2/c1-4-13-35(14-5-1)23-24-36-25-28-41(29-26-36)49(39-17-6-2-7-18-39)42-30-32-48-46(34-42)45-33-38(44-22-12-16-37-15-10-11-21-43(37)44)27-31-47(45)50(48)40-19-8-3-9-20-40/h1-34H. The minimum Gasteiger partial charge on any atom is -0.310 e. The number of aromatic nitrogens is 1. The number of hydrogen-bond donors (Lipinski definition) is 0. The first kappa shape index (κ1) is 29.5. The van der Waals surface area contributed by atoms with Crippen LogP contribution in [-0.2, 0) is 0 Å². The van der Waals surface area contributed by atoms with Gasteiger partial charge in [0.2, 0.25) is 0 Å². The van der Waals surface area contributed by atoms with Gasteiger partial charge in [-0.25, -0.2) is 0 Å². The topological polar surface area (TPSA) is 8.17 Å². The van der Waals surface area contributed by atoms with Crippen LogP contribution in [0.2, 0.25) is 0 Å². The third-order valence-electron chi connectivity index (χ3n) is 9.56. The van der Waals surface area contributed by atoms with E-state index in [9.17, 15) is 0 Å². The Balaban J connectivity index is 1.21. The lowest BCUT2D eigenvalue weighted by Gasteiger charge is -2.25. The zero-order chi connectivity index (χ0) is 33.3. The number of anilines is 3. The number of rotatable bonds is 7. The highest BCUT2D eigenvalue weighted by Crippen LogP contribution is 2.41. The van der Waals surface area contributed by atoms with Gasteiger partial charge in [-0.3, -0.25) is 0 Å². The van der Waals surface area contributed by atoms with Crippen LogP contribution in [0.5, 0.6) is 0 Å². The average molecular weight is 639 g/mol. The van der Waals surface area contributed by atoms with Crippen LogP contribution >= 0.6 is 0 Å². The van der Waals surface area contributed by atoms with Crippen molar-refractivity contribution in [3.63, 3.8) is 0 Å². The molecule has 0 bridgehead atoms. The van der Waals surface area contributed by atoms with Crippen LogP contribution in [-0.4, -0.2) is 4.57 Å². The number of benzene rings is 8. The van der Waals surface area contributed by atoms with Gasteiger partial charge in [0.1, 0.15) is 0 Å². The Bertz CT molecular complexity index is 2610. The van der Waals surface area contributed by atoms with E-state index < -0.39 is 0 Å². The van der Waals surface area contributed by atoms with Crippen LogP contribution in [0.3, 0.4) is 0 Å². The van der Waals surface area contributed by atoms with Crippen molar-refractivity contribution >= 4 is 61.8 Å². The van der Waals surface area contributed by atoms with Gasteiger partial charge in [-0.2, -0.15) is 0 Å². The van der Waals surface area contributed by atoms with Crippen molar-refractivity contribution in [1.82, 2.24) is 4.57 Å². The number of para-hydroxylation sites is 2. The van der Waals surface area contributed by atoms with Crippen LogP contribution in [0.1, 0.15) is 11.1 Å². The molecule has 1 aromatic heterocycles. The van der Waals surface area contributed by atoms with Gasteiger partial charge >= 0.3 is 0 Å². The van der Waals surface area contributed by atoms with Gasteiger partial charge in [-0.1, -0.05) is 140 Å². The van der Waals surface area contributed by atoms with E-state index in [-0.39, 0.29) is 0 Å². The third-order valence-corrected chi connectivity index (χ3v) is 9.56.